The van der Waals surface area contributed by atoms with Gasteiger partial charge in [-0.1, -0.05) is 36.4 Å². The number of carbonyl (C=O) groups is 1. The molecule has 0 aromatic heterocycles. The summed E-state index contributed by atoms with van der Waals surface area (Å²) in [7, 11) is 0. The Balaban J connectivity index is 1.55. The molecule has 1 aromatic carbocycles. The second-order valence-electron chi connectivity index (χ2n) is 9.86. The van der Waals surface area contributed by atoms with Gasteiger partial charge in [-0.2, -0.15) is 31.6 Å². The number of piperidine rings is 1. The molecule has 1 amide bonds. The van der Waals surface area contributed by atoms with E-state index in [1.165, 1.54) is 11.8 Å². The SMILES string of the molecule is C[C@@H](OC[C@@]1(c2ccccc2)CC[C@](C#N)(N2CCOC2=O)CN1)C1=CC(C(F)(F)F)=CC(C(F)(F)F)C1. The summed E-state index contributed by atoms with van der Waals surface area (Å²) in [5.41, 5.74) is -2.71. The van der Waals surface area contributed by atoms with Gasteiger partial charge in [-0.05, 0) is 43.4 Å². The minimum absolute atomic E-state index is 0.0744. The van der Waals surface area contributed by atoms with Crippen LogP contribution in [0.25, 0.3) is 0 Å². The van der Waals surface area contributed by atoms with Gasteiger partial charge in [0, 0.05) is 6.54 Å². The number of nitrogens with one attached hydrogen (secondary N) is 1. The van der Waals surface area contributed by atoms with Crippen molar-refractivity contribution in [3.63, 3.8) is 0 Å². The summed E-state index contributed by atoms with van der Waals surface area (Å²) in [6.45, 7) is 1.87. The van der Waals surface area contributed by atoms with Gasteiger partial charge < -0.3 is 14.8 Å². The number of hydrogen-bond acceptors (Lipinski definition) is 5. The topological polar surface area (TPSA) is 74.6 Å². The largest absolute Gasteiger partial charge is 0.447 e. The van der Waals surface area contributed by atoms with Crippen LogP contribution in [0.15, 0.2) is 53.6 Å². The van der Waals surface area contributed by atoms with Crippen LogP contribution in [0.2, 0.25) is 0 Å². The molecular formula is C26H27F6N3O3. The van der Waals surface area contributed by atoms with Crippen molar-refractivity contribution in [1.82, 2.24) is 10.2 Å². The minimum Gasteiger partial charge on any atom is -0.447 e. The number of cyclic esters (lactones) is 1. The smallest absolute Gasteiger partial charge is 0.416 e. The first-order chi connectivity index (χ1) is 17.8. The molecule has 2 fully saturated rings. The molecule has 1 N–H and O–H groups in total. The van der Waals surface area contributed by atoms with Crippen molar-refractivity contribution < 1.29 is 40.6 Å². The number of halogens is 6. The maximum atomic E-state index is 13.4. The number of amides is 1. The van der Waals surface area contributed by atoms with Gasteiger partial charge in [0.15, 0.2) is 0 Å². The van der Waals surface area contributed by atoms with Crippen LogP contribution in [0.5, 0.6) is 0 Å². The first-order valence-corrected chi connectivity index (χ1v) is 12.1. The van der Waals surface area contributed by atoms with E-state index in [2.05, 4.69) is 11.4 Å². The Hall–Kier alpha value is -3.04. The Labute approximate surface area is 215 Å². The number of nitrogens with zero attached hydrogens (tertiary/aromatic N) is 2. The van der Waals surface area contributed by atoms with Crippen molar-refractivity contribution in [3.8, 4) is 6.07 Å². The summed E-state index contributed by atoms with van der Waals surface area (Å²) in [5.74, 6) is -2.27. The summed E-state index contributed by atoms with van der Waals surface area (Å²) in [5, 5.41) is 13.3. The van der Waals surface area contributed by atoms with Gasteiger partial charge in [-0.25, -0.2) is 4.79 Å². The van der Waals surface area contributed by atoms with Gasteiger partial charge >= 0.3 is 18.4 Å². The Morgan fingerprint density at radius 3 is 2.45 bits per heavy atom. The van der Waals surface area contributed by atoms with Gasteiger partial charge in [0.05, 0.1) is 42.4 Å². The second kappa shape index (κ2) is 10.3. The van der Waals surface area contributed by atoms with Crippen LogP contribution in [0.1, 0.15) is 31.7 Å². The highest BCUT2D eigenvalue weighted by atomic mass is 19.4. The molecule has 38 heavy (non-hydrogen) atoms. The fourth-order valence-corrected chi connectivity index (χ4v) is 5.17. The molecule has 206 valence electrons. The molecule has 0 spiro atoms. The van der Waals surface area contributed by atoms with Crippen LogP contribution in [-0.2, 0) is 15.0 Å². The summed E-state index contributed by atoms with van der Waals surface area (Å²) >= 11 is 0. The lowest BCUT2D eigenvalue weighted by Crippen LogP contribution is -2.64. The Kier molecular flexibility index (Phi) is 7.56. The molecule has 3 aliphatic rings. The molecule has 0 saturated carbocycles. The first-order valence-electron chi connectivity index (χ1n) is 12.1. The number of ether oxygens (including phenoxy) is 2. The Morgan fingerprint density at radius 1 is 1.21 bits per heavy atom. The minimum atomic E-state index is -4.93. The van der Waals surface area contributed by atoms with Crippen LogP contribution >= 0.6 is 0 Å². The highest BCUT2D eigenvalue weighted by Crippen LogP contribution is 2.42. The number of benzene rings is 1. The standard InChI is InChI=1S/C26H27F6N3O3/c1-17(18-11-20(25(27,28)29)13-21(12-18)26(30,31)32)38-16-24(19-5-3-2-4-6-19)8-7-23(14-33,15-34-24)35-9-10-37-22(35)36/h2-6,11,13,17,21,34H,7-10,12,15-16H2,1H3/t17-,21?,23-,24-/m1/s1. The van der Waals surface area contributed by atoms with Crippen LogP contribution < -0.4 is 5.32 Å². The first kappa shape index (κ1) is 28.0. The van der Waals surface area contributed by atoms with Crippen molar-refractivity contribution in [2.75, 3.05) is 26.3 Å². The zero-order valence-electron chi connectivity index (χ0n) is 20.5. The molecule has 4 rings (SSSR count). The zero-order chi connectivity index (χ0) is 27.8. The molecule has 1 unspecified atom stereocenters. The van der Waals surface area contributed by atoms with Gasteiger partial charge in [-0.3, -0.25) is 4.90 Å². The Bertz CT molecular complexity index is 1130. The second-order valence-corrected chi connectivity index (χ2v) is 9.86. The normalized spacial score (nSPS) is 29.3. The van der Waals surface area contributed by atoms with Gasteiger partial charge in [0.2, 0.25) is 0 Å². The quantitative estimate of drug-likeness (QED) is 0.488. The van der Waals surface area contributed by atoms with Crippen LogP contribution in [0, 0.1) is 17.2 Å². The fraction of sp³-hybridized carbons (Fsp3) is 0.538. The van der Waals surface area contributed by atoms with Crippen molar-refractivity contribution >= 4 is 6.09 Å². The third kappa shape index (κ3) is 5.54. The molecule has 1 aliphatic carbocycles. The van der Waals surface area contributed by atoms with E-state index < -0.39 is 53.5 Å². The van der Waals surface area contributed by atoms with E-state index in [4.69, 9.17) is 9.47 Å². The average molecular weight is 544 g/mol. The summed E-state index contributed by atoms with van der Waals surface area (Å²) in [6, 6.07) is 11.3. The maximum absolute atomic E-state index is 13.4. The van der Waals surface area contributed by atoms with Crippen molar-refractivity contribution in [2.45, 2.75) is 55.7 Å². The van der Waals surface area contributed by atoms with Crippen LogP contribution in [-0.4, -0.2) is 61.3 Å². The molecule has 1 aromatic rings. The lowest BCUT2D eigenvalue weighted by atomic mass is 9.76. The van der Waals surface area contributed by atoms with Crippen LogP contribution in [0.4, 0.5) is 31.1 Å². The van der Waals surface area contributed by atoms with E-state index in [-0.39, 0.29) is 44.4 Å². The maximum Gasteiger partial charge on any atom is 0.416 e. The summed E-state index contributed by atoms with van der Waals surface area (Å²) in [6.07, 6.45) is -10.5. The highest BCUT2D eigenvalue weighted by molar-refractivity contribution is 5.71. The molecule has 4 atom stereocenters. The van der Waals surface area contributed by atoms with Crippen LogP contribution in [0.3, 0.4) is 0 Å². The predicted molar refractivity (Wildman–Crippen MR) is 124 cm³/mol. The average Bonchev–Trinajstić information content (AvgIpc) is 3.33. The van der Waals surface area contributed by atoms with Crippen molar-refractivity contribution in [2.24, 2.45) is 5.92 Å². The van der Waals surface area contributed by atoms with Gasteiger partial charge in [0.1, 0.15) is 12.1 Å². The fourth-order valence-electron chi connectivity index (χ4n) is 5.17. The molecule has 6 nitrogen and oxygen atoms in total. The van der Waals surface area contributed by atoms with E-state index in [9.17, 15) is 36.4 Å². The summed E-state index contributed by atoms with van der Waals surface area (Å²) in [4.78, 5) is 13.6. The number of allylic oxidation sites excluding steroid dienone is 3. The third-order valence-electron chi connectivity index (χ3n) is 7.52. The molecular weight excluding hydrogens is 516 g/mol. The number of nitriles is 1. The number of alkyl halides is 6. The van der Waals surface area contributed by atoms with E-state index in [0.29, 0.717) is 6.42 Å². The molecule has 0 radical (unpaired) electrons. The highest BCUT2D eigenvalue weighted by Gasteiger charge is 2.51. The van der Waals surface area contributed by atoms with Crippen molar-refractivity contribution in [3.05, 3.63) is 59.2 Å². The van der Waals surface area contributed by atoms with E-state index in [1.54, 1.807) is 18.2 Å². The van der Waals surface area contributed by atoms with E-state index in [0.717, 1.165) is 11.6 Å². The lowest BCUT2D eigenvalue weighted by Gasteiger charge is -2.47. The number of carbonyl (C=O) groups excluding carboxylic acids is 1. The van der Waals surface area contributed by atoms with E-state index in [1.807, 2.05) is 12.1 Å². The monoisotopic (exact) mass is 543 g/mol. The summed E-state index contributed by atoms with van der Waals surface area (Å²) < 4.78 is 91.3. The zero-order valence-corrected chi connectivity index (χ0v) is 20.5. The third-order valence-corrected chi connectivity index (χ3v) is 7.52. The predicted octanol–water partition coefficient (Wildman–Crippen LogP) is 5.38. The number of hydrogen-bond donors (Lipinski definition) is 1. The molecule has 2 saturated heterocycles. The molecule has 2 aliphatic heterocycles. The van der Waals surface area contributed by atoms with Gasteiger partial charge in [0.25, 0.3) is 0 Å². The molecule has 0 bridgehead atoms. The number of rotatable bonds is 6. The van der Waals surface area contributed by atoms with E-state index >= 15 is 0 Å². The van der Waals surface area contributed by atoms with Gasteiger partial charge in [-0.15, -0.1) is 0 Å². The van der Waals surface area contributed by atoms with Crippen molar-refractivity contribution in [1.29, 1.82) is 5.26 Å². The Morgan fingerprint density at radius 2 is 1.92 bits per heavy atom. The molecule has 12 heteroatoms. The molecule has 2 heterocycles. The lowest BCUT2D eigenvalue weighted by molar-refractivity contribution is -0.163.